The van der Waals surface area contributed by atoms with Crippen molar-refractivity contribution in [1.82, 2.24) is 9.47 Å². The molecule has 2 heterocycles. The number of amides is 1. The highest BCUT2D eigenvalue weighted by atomic mass is 32.2. The minimum absolute atomic E-state index is 0.254. The van der Waals surface area contributed by atoms with Crippen LogP contribution in [0, 0.1) is 0 Å². The zero-order valence-electron chi connectivity index (χ0n) is 12.9. The van der Waals surface area contributed by atoms with Gasteiger partial charge >= 0.3 is 0 Å². The van der Waals surface area contributed by atoms with Crippen LogP contribution in [-0.2, 0) is 17.6 Å². The maximum Gasteiger partial charge on any atom is 0.233 e. The Morgan fingerprint density at radius 1 is 1.23 bits per heavy atom. The first kappa shape index (κ1) is 15.2. The molecular formula is C18H22N2OS. The maximum atomic E-state index is 12.5. The fourth-order valence-corrected chi connectivity index (χ4v) is 3.98. The molecule has 1 aromatic heterocycles. The van der Waals surface area contributed by atoms with E-state index >= 15 is 0 Å². The number of nitrogens with zero attached hydrogens (tertiary/aromatic N) is 2. The summed E-state index contributed by atoms with van der Waals surface area (Å²) in [7, 11) is 2.06. The monoisotopic (exact) mass is 314 g/mol. The minimum atomic E-state index is 0.254. The third-order valence-electron chi connectivity index (χ3n) is 4.24. The molecule has 116 valence electrons. The molecule has 22 heavy (non-hydrogen) atoms. The first-order valence-corrected chi connectivity index (χ1v) is 8.93. The second-order valence-electron chi connectivity index (χ2n) is 5.77. The predicted molar refractivity (Wildman–Crippen MR) is 91.7 cm³/mol. The van der Waals surface area contributed by atoms with Crippen molar-refractivity contribution in [3.63, 3.8) is 0 Å². The molecular weight excluding hydrogens is 292 g/mol. The highest BCUT2D eigenvalue weighted by Crippen LogP contribution is 2.32. The van der Waals surface area contributed by atoms with Gasteiger partial charge in [0.15, 0.2) is 0 Å². The average Bonchev–Trinajstić information content (AvgIpc) is 3.16. The van der Waals surface area contributed by atoms with Crippen molar-refractivity contribution in [2.24, 2.45) is 7.05 Å². The van der Waals surface area contributed by atoms with E-state index in [1.54, 1.807) is 11.8 Å². The van der Waals surface area contributed by atoms with Crippen molar-refractivity contribution in [1.29, 1.82) is 0 Å². The summed E-state index contributed by atoms with van der Waals surface area (Å²) in [6.07, 6.45) is 4.23. The van der Waals surface area contributed by atoms with Crippen LogP contribution in [0.2, 0.25) is 0 Å². The Labute approximate surface area is 136 Å². The Morgan fingerprint density at radius 3 is 2.77 bits per heavy atom. The topological polar surface area (TPSA) is 25.2 Å². The number of aromatic nitrogens is 1. The zero-order valence-corrected chi connectivity index (χ0v) is 13.8. The number of aryl methyl sites for hydroxylation is 1. The van der Waals surface area contributed by atoms with Crippen LogP contribution in [-0.4, -0.2) is 27.7 Å². The SMILES string of the molecule is Cn1cccc1C1CCCN1C(=O)CSCc1ccccc1. The Morgan fingerprint density at radius 2 is 2.05 bits per heavy atom. The van der Waals surface area contributed by atoms with Crippen molar-refractivity contribution >= 4 is 17.7 Å². The molecule has 3 nitrogen and oxygen atoms in total. The molecule has 4 heteroatoms. The van der Waals surface area contributed by atoms with Gasteiger partial charge in [-0.1, -0.05) is 30.3 Å². The van der Waals surface area contributed by atoms with Crippen molar-refractivity contribution in [3.05, 3.63) is 59.9 Å². The molecule has 1 aliphatic heterocycles. The summed E-state index contributed by atoms with van der Waals surface area (Å²) in [6.45, 7) is 0.889. The molecule has 0 spiro atoms. The molecule has 1 saturated heterocycles. The van der Waals surface area contributed by atoms with Gasteiger partial charge in [-0.15, -0.1) is 11.8 Å². The second-order valence-corrected chi connectivity index (χ2v) is 6.75. The van der Waals surface area contributed by atoms with Gasteiger partial charge in [-0.25, -0.2) is 0 Å². The van der Waals surface area contributed by atoms with Gasteiger partial charge in [-0.3, -0.25) is 4.79 Å². The summed E-state index contributed by atoms with van der Waals surface area (Å²) in [6, 6.07) is 14.8. The van der Waals surface area contributed by atoms with Gasteiger partial charge in [0.1, 0.15) is 0 Å². The lowest BCUT2D eigenvalue weighted by molar-refractivity contribution is -0.129. The van der Waals surface area contributed by atoms with Gasteiger partial charge in [0.05, 0.1) is 11.8 Å². The minimum Gasteiger partial charge on any atom is -0.353 e. The Kier molecular flexibility index (Phi) is 4.88. The lowest BCUT2D eigenvalue weighted by atomic mass is 10.1. The molecule has 1 atom stereocenters. The zero-order chi connectivity index (χ0) is 15.4. The highest BCUT2D eigenvalue weighted by molar-refractivity contribution is 7.99. The molecule has 1 aromatic carbocycles. The van der Waals surface area contributed by atoms with Gasteiger partial charge in [-0.05, 0) is 30.5 Å². The number of rotatable bonds is 5. The van der Waals surface area contributed by atoms with E-state index in [9.17, 15) is 4.79 Å². The predicted octanol–water partition coefficient (Wildman–Crippen LogP) is 3.62. The van der Waals surface area contributed by atoms with E-state index in [2.05, 4.69) is 47.0 Å². The van der Waals surface area contributed by atoms with Gasteiger partial charge in [-0.2, -0.15) is 0 Å². The molecule has 1 aliphatic rings. The number of carbonyl (C=O) groups excluding carboxylic acids is 1. The number of likely N-dealkylation sites (tertiary alicyclic amines) is 1. The van der Waals surface area contributed by atoms with Crippen molar-refractivity contribution in [2.45, 2.75) is 24.6 Å². The Hall–Kier alpha value is -1.68. The maximum absolute atomic E-state index is 12.5. The summed E-state index contributed by atoms with van der Waals surface area (Å²) >= 11 is 1.71. The van der Waals surface area contributed by atoms with Gasteiger partial charge < -0.3 is 9.47 Å². The highest BCUT2D eigenvalue weighted by Gasteiger charge is 2.30. The van der Waals surface area contributed by atoms with Crippen molar-refractivity contribution in [2.75, 3.05) is 12.3 Å². The lowest BCUT2D eigenvalue weighted by Gasteiger charge is -2.25. The third kappa shape index (κ3) is 3.38. The fourth-order valence-electron chi connectivity index (χ4n) is 3.11. The fraction of sp³-hybridized carbons (Fsp3) is 0.389. The number of hydrogen-bond acceptors (Lipinski definition) is 2. The molecule has 0 saturated carbocycles. The molecule has 0 bridgehead atoms. The summed E-state index contributed by atoms with van der Waals surface area (Å²) in [5.41, 5.74) is 2.53. The van der Waals surface area contributed by atoms with Crippen LogP contribution in [0.1, 0.15) is 30.1 Å². The summed E-state index contributed by atoms with van der Waals surface area (Å²) < 4.78 is 2.13. The summed E-state index contributed by atoms with van der Waals surface area (Å²) in [5, 5.41) is 0. The van der Waals surface area contributed by atoms with E-state index in [0.29, 0.717) is 5.75 Å². The van der Waals surface area contributed by atoms with Crippen LogP contribution in [0.4, 0.5) is 0 Å². The number of carbonyl (C=O) groups is 1. The van der Waals surface area contributed by atoms with E-state index in [1.165, 1.54) is 11.3 Å². The molecule has 1 unspecified atom stereocenters. The Bertz CT molecular complexity index is 623. The largest absolute Gasteiger partial charge is 0.353 e. The van der Waals surface area contributed by atoms with Crippen molar-refractivity contribution in [3.8, 4) is 0 Å². The molecule has 3 rings (SSSR count). The average molecular weight is 314 g/mol. The first-order valence-electron chi connectivity index (χ1n) is 7.78. The van der Waals surface area contributed by atoms with Gasteiger partial charge in [0.25, 0.3) is 0 Å². The van der Waals surface area contributed by atoms with Crippen molar-refractivity contribution < 1.29 is 4.79 Å². The standard InChI is InChI=1S/C18H22N2OS/c1-19-11-5-9-16(19)17-10-6-12-20(17)18(21)14-22-13-15-7-3-2-4-8-15/h2-5,7-9,11,17H,6,10,12-14H2,1H3. The normalized spacial score (nSPS) is 17.9. The summed E-state index contributed by atoms with van der Waals surface area (Å²) in [5.74, 6) is 1.73. The van der Waals surface area contributed by atoms with E-state index in [0.717, 1.165) is 25.1 Å². The van der Waals surface area contributed by atoms with Crippen LogP contribution in [0.25, 0.3) is 0 Å². The van der Waals surface area contributed by atoms with Crippen LogP contribution in [0.5, 0.6) is 0 Å². The van der Waals surface area contributed by atoms with E-state index < -0.39 is 0 Å². The molecule has 0 aliphatic carbocycles. The van der Waals surface area contributed by atoms with Crippen LogP contribution in [0.3, 0.4) is 0 Å². The molecule has 0 radical (unpaired) electrons. The van der Waals surface area contributed by atoms with Gasteiger partial charge in [0, 0.05) is 31.2 Å². The molecule has 1 amide bonds. The molecule has 2 aromatic rings. The van der Waals surface area contributed by atoms with Crippen LogP contribution < -0.4 is 0 Å². The van der Waals surface area contributed by atoms with Crippen LogP contribution in [0.15, 0.2) is 48.7 Å². The number of benzene rings is 1. The Balaban J connectivity index is 1.56. The molecule has 1 fully saturated rings. The van der Waals surface area contributed by atoms with E-state index in [-0.39, 0.29) is 11.9 Å². The molecule has 0 N–H and O–H groups in total. The first-order chi connectivity index (χ1) is 10.8. The smallest absolute Gasteiger partial charge is 0.233 e. The summed E-state index contributed by atoms with van der Waals surface area (Å²) in [4.78, 5) is 14.6. The third-order valence-corrected chi connectivity index (χ3v) is 5.22. The van der Waals surface area contributed by atoms with Crippen LogP contribution >= 0.6 is 11.8 Å². The second kappa shape index (κ2) is 7.05. The number of hydrogen-bond donors (Lipinski definition) is 0. The lowest BCUT2D eigenvalue weighted by Crippen LogP contribution is -2.32. The number of thioether (sulfide) groups is 1. The van der Waals surface area contributed by atoms with E-state index in [1.807, 2.05) is 18.2 Å². The van der Waals surface area contributed by atoms with E-state index in [4.69, 9.17) is 0 Å². The van der Waals surface area contributed by atoms with Gasteiger partial charge in [0.2, 0.25) is 5.91 Å². The quantitative estimate of drug-likeness (QED) is 0.842.